The van der Waals surface area contributed by atoms with Gasteiger partial charge in [0.25, 0.3) is 0 Å². The molecule has 1 aromatic heterocycles. The molecule has 134 valence electrons. The van der Waals surface area contributed by atoms with Crippen LogP contribution in [0.3, 0.4) is 0 Å². The fourth-order valence-electron chi connectivity index (χ4n) is 3.37. The lowest BCUT2D eigenvalue weighted by atomic mass is 9.99. The fourth-order valence-corrected chi connectivity index (χ4v) is 3.37. The Balaban J connectivity index is 1.81. The summed E-state index contributed by atoms with van der Waals surface area (Å²) >= 11 is 0. The quantitative estimate of drug-likeness (QED) is 0.528. The van der Waals surface area contributed by atoms with Crippen LogP contribution in [0.15, 0.2) is 35.0 Å². The van der Waals surface area contributed by atoms with E-state index in [9.17, 15) is 10.1 Å². The van der Waals surface area contributed by atoms with Gasteiger partial charge in [0.1, 0.15) is 5.69 Å². The van der Waals surface area contributed by atoms with E-state index in [2.05, 4.69) is 32.7 Å². The zero-order chi connectivity index (χ0) is 18.1. The third-order valence-corrected chi connectivity index (χ3v) is 4.57. The molecule has 0 spiro atoms. The third-order valence-electron chi connectivity index (χ3n) is 4.57. The molecule has 0 atom stereocenters. The SMILES string of the molecule is O=[N+]([O-])c1c(NCCO)cc(N2CCc3ccccc3C2)c2nonc12. The molecule has 26 heavy (non-hydrogen) atoms. The van der Waals surface area contributed by atoms with Crippen molar-refractivity contribution in [3.8, 4) is 0 Å². The largest absolute Gasteiger partial charge is 0.395 e. The Bertz CT molecular complexity index is 971. The molecule has 0 saturated heterocycles. The Labute approximate surface area is 148 Å². The average molecular weight is 355 g/mol. The second-order valence-electron chi connectivity index (χ2n) is 6.10. The van der Waals surface area contributed by atoms with Crippen LogP contribution in [0.1, 0.15) is 11.1 Å². The molecule has 2 N–H and O–H groups in total. The summed E-state index contributed by atoms with van der Waals surface area (Å²) in [6, 6.07) is 9.91. The highest BCUT2D eigenvalue weighted by Gasteiger charge is 2.28. The standard InChI is InChI=1S/C17H17N5O4/c23-8-6-18-13-9-14(15-16(20-26-19-15)17(13)22(24)25)21-7-5-11-3-1-2-4-12(11)10-21/h1-4,9,18,23H,5-8,10H2. The highest BCUT2D eigenvalue weighted by Crippen LogP contribution is 2.39. The molecule has 0 saturated carbocycles. The Kier molecular flexibility index (Phi) is 4.13. The van der Waals surface area contributed by atoms with Crippen molar-refractivity contribution < 1.29 is 14.7 Å². The van der Waals surface area contributed by atoms with Crippen LogP contribution in [0.5, 0.6) is 0 Å². The van der Waals surface area contributed by atoms with Gasteiger partial charge < -0.3 is 15.3 Å². The number of nitro groups is 1. The zero-order valence-electron chi connectivity index (χ0n) is 13.9. The minimum Gasteiger partial charge on any atom is -0.395 e. The summed E-state index contributed by atoms with van der Waals surface area (Å²) in [7, 11) is 0. The lowest BCUT2D eigenvalue weighted by Gasteiger charge is -2.30. The van der Waals surface area contributed by atoms with Crippen molar-refractivity contribution in [3.63, 3.8) is 0 Å². The molecule has 4 rings (SSSR count). The summed E-state index contributed by atoms with van der Waals surface area (Å²) < 4.78 is 4.81. The first-order valence-electron chi connectivity index (χ1n) is 8.29. The van der Waals surface area contributed by atoms with Crippen molar-refractivity contribution in [1.82, 2.24) is 10.3 Å². The van der Waals surface area contributed by atoms with E-state index in [1.807, 2.05) is 12.1 Å². The van der Waals surface area contributed by atoms with Crippen LogP contribution < -0.4 is 10.2 Å². The molecule has 0 bridgehead atoms. The van der Waals surface area contributed by atoms with E-state index in [4.69, 9.17) is 9.74 Å². The summed E-state index contributed by atoms with van der Waals surface area (Å²) in [6.07, 6.45) is 0.874. The lowest BCUT2D eigenvalue weighted by Crippen LogP contribution is -2.30. The highest BCUT2D eigenvalue weighted by atomic mass is 16.6. The summed E-state index contributed by atoms with van der Waals surface area (Å²) in [5.41, 5.74) is 3.81. The number of nitro benzene ring substituents is 1. The van der Waals surface area contributed by atoms with Crippen molar-refractivity contribution in [1.29, 1.82) is 0 Å². The number of hydrogen-bond donors (Lipinski definition) is 2. The summed E-state index contributed by atoms with van der Waals surface area (Å²) in [5, 5.41) is 31.1. The number of nitrogens with zero attached hydrogens (tertiary/aromatic N) is 4. The first-order valence-corrected chi connectivity index (χ1v) is 8.29. The van der Waals surface area contributed by atoms with Crippen LogP contribution in [0.25, 0.3) is 11.0 Å². The van der Waals surface area contributed by atoms with Crippen LogP contribution in [-0.4, -0.2) is 40.0 Å². The summed E-state index contributed by atoms with van der Waals surface area (Å²) in [4.78, 5) is 13.1. The van der Waals surface area contributed by atoms with Gasteiger partial charge in [-0.3, -0.25) is 10.1 Å². The Hall–Kier alpha value is -3.20. The van der Waals surface area contributed by atoms with Gasteiger partial charge in [-0.1, -0.05) is 24.3 Å². The van der Waals surface area contributed by atoms with E-state index in [-0.39, 0.29) is 24.4 Å². The van der Waals surface area contributed by atoms with Gasteiger partial charge in [-0.25, -0.2) is 4.63 Å². The van der Waals surface area contributed by atoms with Crippen molar-refractivity contribution >= 4 is 28.1 Å². The van der Waals surface area contributed by atoms with Crippen LogP contribution in [-0.2, 0) is 13.0 Å². The van der Waals surface area contributed by atoms with E-state index in [1.165, 1.54) is 11.1 Å². The molecule has 0 radical (unpaired) electrons. The maximum Gasteiger partial charge on any atom is 0.323 e. The molecular formula is C17H17N5O4. The molecule has 9 nitrogen and oxygen atoms in total. The zero-order valence-corrected chi connectivity index (χ0v) is 13.9. The molecule has 2 heterocycles. The number of hydrogen-bond acceptors (Lipinski definition) is 8. The molecule has 0 fully saturated rings. The predicted molar refractivity (Wildman–Crippen MR) is 95.2 cm³/mol. The molecule has 0 amide bonds. The van der Waals surface area contributed by atoms with Crippen molar-refractivity contribution in [2.45, 2.75) is 13.0 Å². The Morgan fingerprint density at radius 2 is 2.04 bits per heavy atom. The minimum atomic E-state index is -0.512. The van der Waals surface area contributed by atoms with Gasteiger partial charge >= 0.3 is 5.69 Å². The van der Waals surface area contributed by atoms with E-state index >= 15 is 0 Å². The number of aliphatic hydroxyl groups is 1. The molecule has 1 aliphatic heterocycles. The Morgan fingerprint density at radius 1 is 1.27 bits per heavy atom. The van der Waals surface area contributed by atoms with E-state index in [1.54, 1.807) is 6.07 Å². The van der Waals surface area contributed by atoms with Crippen LogP contribution in [0.4, 0.5) is 17.1 Å². The molecule has 9 heteroatoms. The van der Waals surface area contributed by atoms with Crippen LogP contribution in [0.2, 0.25) is 0 Å². The number of rotatable bonds is 5. The second kappa shape index (κ2) is 6.60. The maximum absolute atomic E-state index is 11.5. The number of anilines is 2. The predicted octanol–water partition coefficient (Wildman–Crippen LogP) is 2.10. The molecule has 0 aliphatic carbocycles. The van der Waals surface area contributed by atoms with Crippen LogP contribution in [0, 0.1) is 10.1 Å². The number of fused-ring (bicyclic) bond motifs is 2. The topological polar surface area (TPSA) is 118 Å². The summed E-state index contributed by atoms with van der Waals surface area (Å²) in [6.45, 7) is 1.49. The van der Waals surface area contributed by atoms with Gasteiger partial charge in [-0.2, -0.15) is 0 Å². The highest BCUT2D eigenvalue weighted by molar-refractivity contribution is 5.99. The van der Waals surface area contributed by atoms with E-state index in [0.717, 1.165) is 18.7 Å². The van der Waals surface area contributed by atoms with Gasteiger partial charge in [0.05, 0.1) is 17.2 Å². The number of aromatic nitrogens is 2. The van der Waals surface area contributed by atoms with E-state index < -0.39 is 4.92 Å². The molecule has 3 aromatic rings. The van der Waals surface area contributed by atoms with Crippen molar-refractivity contribution in [2.75, 3.05) is 29.9 Å². The first kappa shape index (κ1) is 16.3. The maximum atomic E-state index is 11.5. The van der Waals surface area contributed by atoms with Crippen molar-refractivity contribution in [2.24, 2.45) is 0 Å². The third kappa shape index (κ3) is 2.72. The average Bonchev–Trinajstić information content (AvgIpc) is 3.14. The normalized spacial score (nSPS) is 13.7. The first-order chi connectivity index (χ1) is 12.7. The van der Waals surface area contributed by atoms with Gasteiger partial charge in [-0.15, -0.1) is 0 Å². The second-order valence-corrected chi connectivity index (χ2v) is 6.10. The van der Waals surface area contributed by atoms with Gasteiger partial charge in [-0.05, 0) is 33.9 Å². The fraction of sp³-hybridized carbons (Fsp3) is 0.294. The van der Waals surface area contributed by atoms with Gasteiger partial charge in [0, 0.05) is 19.6 Å². The van der Waals surface area contributed by atoms with E-state index in [0.29, 0.717) is 17.7 Å². The number of benzene rings is 2. The summed E-state index contributed by atoms with van der Waals surface area (Å²) in [5.74, 6) is 0. The minimum absolute atomic E-state index is 0.104. The van der Waals surface area contributed by atoms with Crippen molar-refractivity contribution in [3.05, 3.63) is 51.6 Å². The monoisotopic (exact) mass is 355 g/mol. The van der Waals surface area contributed by atoms with Gasteiger partial charge in [0.15, 0.2) is 5.52 Å². The smallest absolute Gasteiger partial charge is 0.323 e. The number of nitrogens with one attached hydrogen (secondary N) is 1. The Morgan fingerprint density at radius 3 is 2.81 bits per heavy atom. The molecular weight excluding hydrogens is 338 g/mol. The van der Waals surface area contributed by atoms with Gasteiger partial charge in [0.2, 0.25) is 5.52 Å². The number of aliphatic hydroxyl groups excluding tert-OH is 1. The molecule has 2 aromatic carbocycles. The molecule has 1 aliphatic rings. The lowest BCUT2D eigenvalue weighted by molar-refractivity contribution is -0.382. The molecule has 0 unspecified atom stereocenters. The van der Waals surface area contributed by atoms with Crippen LogP contribution >= 0.6 is 0 Å².